The summed E-state index contributed by atoms with van der Waals surface area (Å²) in [7, 11) is 0. The molecule has 0 aliphatic heterocycles. The number of anilines is 1. The molecule has 1 aromatic carbocycles. The first-order valence-corrected chi connectivity index (χ1v) is 8.38. The van der Waals surface area contributed by atoms with Gasteiger partial charge in [-0.1, -0.05) is 11.6 Å². The van der Waals surface area contributed by atoms with Crippen LogP contribution in [0.1, 0.15) is 18.5 Å². The number of halogens is 1. The van der Waals surface area contributed by atoms with E-state index in [1.165, 1.54) is 0 Å². The lowest BCUT2D eigenvalue weighted by Crippen LogP contribution is -2.20. The number of rotatable bonds is 4. The summed E-state index contributed by atoms with van der Waals surface area (Å²) in [6, 6.07) is 8.68. The van der Waals surface area contributed by atoms with Crippen molar-refractivity contribution in [1.82, 2.24) is 24.5 Å². The summed E-state index contributed by atoms with van der Waals surface area (Å²) in [5, 5.41) is 4.66. The van der Waals surface area contributed by atoms with E-state index >= 15 is 0 Å². The number of aromatic nitrogens is 5. The van der Waals surface area contributed by atoms with Gasteiger partial charge in [0, 0.05) is 40.1 Å². The van der Waals surface area contributed by atoms with Crippen LogP contribution in [-0.2, 0) is 0 Å². The number of hydrogen-bond donors (Lipinski definition) is 2. The second-order valence-electron chi connectivity index (χ2n) is 5.86. The third-order valence-corrected chi connectivity index (χ3v) is 4.29. The fourth-order valence-electron chi connectivity index (χ4n) is 2.74. The highest BCUT2D eigenvalue weighted by Crippen LogP contribution is 2.21. The van der Waals surface area contributed by atoms with E-state index in [1.54, 1.807) is 47.7 Å². The van der Waals surface area contributed by atoms with E-state index in [1.807, 2.05) is 19.1 Å². The minimum Gasteiger partial charge on any atom is -0.347 e. The molecular weight excluding hydrogens is 352 g/mol. The predicted octanol–water partition coefficient (Wildman–Crippen LogP) is 3.33. The molecule has 2 N–H and O–H groups in total. The van der Waals surface area contributed by atoms with Crippen LogP contribution in [0.4, 0.5) is 5.95 Å². The zero-order chi connectivity index (χ0) is 18.1. The lowest BCUT2D eigenvalue weighted by Gasteiger charge is -2.14. The monoisotopic (exact) mass is 366 g/mol. The highest BCUT2D eigenvalue weighted by atomic mass is 35.5. The lowest BCUT2D eigenvalue weighted by molar-refractivity contribution is 0.838. The number of imidazole rings is 1. The maximum absolute atomic E-state index is 12.4. The van der Waals surface area contributed by atoms with Crippen molar-refractivity contribution in [2.45, 2.75) is 13.0 Å². The van der Waals surface area contributed by atoms with E-state index in [2.05, 4.69) is 25.3 Å². The van der Waals surface area contributed by atoms with E-state index in [0.29, 0.717) is 22.4 Å². The molecule has 0 saturated heterocycles. The maximum Gasteiger partial charge on any atom is 0.253 e. The summed E-state index contributed by atoms with van der Waals surface area (Å²) >= 11 is 6.05. The number of pyridine rings is 1. The Balaban J connectivity index is 1.65. The van der Waals surface area contributed by atoms with E-state index < -0.39 is 0 Å². The Kier molecular flexibility index (Phi) is 4.14. The van der Waals surface area contributed by atoms with Crippen molar-refractivity contribution in [1.29, 1.82) is 0 Å². The highest BCUT2D eigenvalue weighted by molar-refractivity contribution is 6.31. The molecule has 1 atom stereocenters. The Labute approximate surface area is 153 Å². The number of nitrogens with zero attached hydrogens (tertiary/aromatic N) is 4. The number of aromatic amines is 1. The van der Waals surface area contributed by atoms with E-state index in [-0.39, 0.29) is 11.6 Å². The molecule has 0 saturated carbocycles. The van der Waals surface area contributed by atoms with Gasteiger partial charge in [-0.15, -0.1) is 0 Å². The van der Waals surface area contributed by atoms with Crippen LogP contribution in [0.2, 0.25) is 5.02 Å². The van der Waals surface area contributed by atoms with Crippen LogP contribution >= 0.6 is 11.6 Å². The molecule has 130 valence electrons. The van der Waals surface area contributed by atoms with Crippen LogP contribution in [0, 0.1) is 0 Å². The fraction of sp³-hybridized carbons (Fsp3) is 0.111. The van der Waals surface area contributed by atoms with E-state index in [0.717, 1.165) is 10.9 Å². The summed E-state index contributed by atoms with van der Waals surface area (Å²) in [5.41, 5.74) is 1.16. The number of H-pyrrole nitrogens is 1. The zero-order valence-electron chi connectivity index (χ0n) is 13.8. The summed E-state index contributed by atoms with van der Waals surface area (Å²) in [6.45, 7) is 1.88. The maximum atomic E-state index is 12.4. The van der Waals surface area contributed by atoms with Gasteiger partial charge in [0.05, 0.1) is 6.04 Å². The Bertz CT molecular complexity index is 1120. The van der Waals surface area contributed by atoms with E-state index in [4.69, 9.17) is 11.6 Å². The van der Waals surface area contributed by atoms with Gasteiger partial charge in [-0.3, -0.25) is 9.36 Å². The van der Waals surface area contributed by atoms with Crippen molar-refractivity contribution in [2.24, 2.45) is 0 Å². The number of fused-ring (bicyclic) bond motifs is 1. The standard InChI is InChI=1S/C18H15ClN6O/c1-11(14-9-12-8-13(19)2-3-15(12)23-17(14)26)22-18-21-5-4-16(24-18)25-7-6-20-10-25/h2-11H,1H3,(H,23,26)(H,21,22,24)/t11-/m0/s1. The van der Waals surface area contributed by atoms with Crippen LogP contribution in [0.3, 0.4) is 0 Å². The Morgan fingerprint density at radius 1 is 1.23 bits per heavy atom. The summed E-state index contributed by atoms with van der Waals surface area (Å²) in [5.74, 6) is 1.11. The van der Waals surface area contributed by atoms with Crippen molar-refractivity contribution in [3.05, 3.63) is 76.2 Å². The first kappa shape index (κ1) is 16.3. The average molecular weight is 367 g/mol. The van der Waals surface area contributed by atoms with Crippen molar-refractivity contribution in [2.75, 3.05) is 5.32 Å². The first-order chi connectivity index (χ1) is 12.6. The van der Waals surface area contributed by atoms with Crippen molar-refractivity contribution >= 4 is 28.5 Å². The van der Waals surface area contributed by atoms with Gasteiger partial charge in [0.15, 0.2) is 0 Å². The van der Waals surface area contributed by atoms with Gasteiger partial charge in [-0.25, -0.2) is 9.97 Å². The highest BCUT2D eigenvalue weighted by Gasteiger charge is 2.13. The second-order valence-corrected chi connectivity index (χ2v) is 6.30. The molecule has 0 unspecified atom stereocenters. The molecule has 0 spiro atoms. The fourth-order valence-corrected chi connectivity index (χ4v) is 2.93. The molecule has 4 rings (SSSR count). The summed E-state index contributed by atoms with van der Waals surface area (Å²) in [4.78, 5) is 28.0. The molecular formula is C18H15ClN6O. The number of hydrogen-bond acceptors (Lipinski definition) is 5. The normalized spacial score (nSPS) is 12.2. The molecule has 0 aliphatic carbocycles. The molecule has 0 aliphatic rings. The van der Waals surface area contributed by atoms with Crippen LogP contribution in [0.5, 0.6) is 0 Å². The second kappa shape index (κ2) is 6.61. The molecule has 8 heteroatoms. The van der Waals surface area contributed by atoms with Crippen LogP contribution < -0.4 is 10.9 Å². The number of benzene rings is 1. The Morgan fingerprint density at radius 2 is 2.12 bits per heavy atom. The SMILES string of the molecule is C[C@H](Nc1nccc(-n2ccnc2)n1)c1cc2cc(Cl)ccc2[nH]c1=O. The lowest BCUT2D eigenvalue weighted by atomic mass is 10.1. The van der Waals surface area contributed by atoms with Gasteiger partial charge < -0.3 is 10.3 Å². The summed E-state index contributed by atoms with van der Waals surface area (Å²) < 4.78 is 1.78. The minimum atomic E-state index is -0.292. The predicted molar refractivity (Wildman–Crippen MR) is 101 cm³/mol. The molecule has 3 heterocycles. The number of nitrogens with one attached hydrogen (secondary N) is 2. The minimum absolute atomic E-state index is 0.161. The van der Waals surface area contributed by atoms with Gasteiger partial charge in [0.1, 0.15) is 12.1 Å². The van der Waals surface area contributed by atoms with Gasteiger partial charge in [0.25, 0.3) is 5.56 Å². The van der Waals surface area contributed by atoms with Gasteiger partial charge in [-0.05, 0) is 37.3 Å². The Hall–Kier alpha value is -3.19. The molecule has 0 bridgehead atoms. The van der Waals surface area contributed by atoms with Crippen LogP contribution in [0.25, 0.3) is 16.7 Å². The molecule has 3 aromatic heterocycles. The Morgan fingerprint density at radius 3 is 2.92 bits per heavy atom. The molecule has 7 nitrogen and oxygen atoms in total. The smallest absolute Gasteiger partial charge is 0.253 e. The van der Waals surface area contributed by atoms with Gasteiger partial charge in [0.2, 0.25) is 5.95 Å². The molecule has 0 radical (unpaired) electrons. The topological polar surface area (TPSA) is 88.5 Å². The van der Waals surface area contributed by atoms with Gasteiger partial charge >= 0.3 is 0 Å². The van der Waals surface area contributed by atoms with Crippen molar-refractivity contribution in [3.63, 3.8) is 0 Å². The summed E-state index contributed by atoms with van der Waals surface area (Å²) in [6.07, 6.45) is 6.79. The zero-order valence-corrected chi connectivity index (χ0v) is 14.6. The van der Waals surface area contributed by atoms with Crippen molar-refractivity contribution < 1.29 is 0 Å². The van der Waals surface area contributed by atoms with Crippen LogP contribution in [0.15, 0.2) is 60.0 Å². The average Bonchev–Trinajstić information content (AvgIpc) is 3.16. The van der Waals surface area contributed by atoms with Crippen molar-refractivity contribution in [3.8, 4) is 5.82 Å². The first-order valence-electron chi connectivity index (χ1n) is 8.00. The van der Waals surface area contributed by atoms with E-state index in [9.17, 15) is 4.79 Å². The largest absolute Gasteiger partial charge is 0.347 e. The molecule has 0 amide bonds. The third-order valence-electron chi connectivity index (χ3n) is 4.06. The van der Waals surface area contributed by atoms with Gasteiger partial charge in [-0.2, -0.15) is 4.98 Å². The quantitative estimate of drug-likeness (QED) is 0.578. The van der Waals surface area contributed by atoms with Crippen LogP contribution in [-0.4, -0.2) is 24.5 Å². The molecule has 26 heavy (non-hydrogen) atoms. The molecule has 4 aromatic rings. The molecule has 0 fully saturated rings. The third kappa shape index (κ3) is 3.16.